The average molecular weight is 412 g/mol. The zero-order chi connectivity index (χ0) is 22.1. The van der Waals surface area contributed by atoms with E-state index in [0.717, 1.165) is 12.0 Å². The molecule has 9 nitrogen and oxygen atoms in total. The average Bonchev–Trinajstić information content (AvgIpc) is 2.66. The smallest absolute Gasteiger partial charge is 0.323 e. The van der Waals surface area contributed by atoms with E-state index < -0.39 is 5.54 Å². The summed E-state index contributed by atoms with van der Waals surface area (Å²) in [6.07, 6.45) is 4.75. The quantitative estimate of drug-likeness (QED) is 0.440. The Morgan fingerprint density at radius 2 is 2.03 bits per heavy atom. The van der Waals surface area contributed by atoms with Crippen molar-refractivity contribution >= 4 is 29.3 Å². The van der Waals surface area contributed by atoms with Crippen LogP contribution in [0.2, 0.25) is 0 Å². The third kappa shape index (κ3) is 3.87. The highest BCUT2D eigenvalue weighted by Gasteiger charge is 2.62. The Balaban J connectivity index is 1.85. The molecule has 0 aromatic heterocycles. The molecule has 3 rings (SSSR count). The number of amides is 3. The van der Waals surface area contributed by atoms with E-state index in [2.05, 4.69) is 22.2 Å². The predicted molar refractivity (Wildman–Crippen MR) is 118 cm³/mol. The summed E-state index contributed by atoms with van der Waals surface area (Å²) in [4.78, 5) is 35.6. The molecule has 2 bridgehead atoms. The molecule has 3 atom stereocenters. The van der Waals surface area contributed by atoms with Gasteiger partial charge in [-0.3, -0.25) is 4.79 Å². The fraction of sp³-hybridized carbons (Fsp3) is 0.429. The summed E-state index contributed by atoms with van der Waals surface area (Å²) in [5.41, 5.74) is 18.2. The number of carbonyl (C=O) groups is 2. The number of aliphatic imine (C=N–C) groups is 2. The second kappa shape index (κ2) is 8.17. The van der Waals surface area contributed by atoms with Gasteiger partial charge in [0, 0.05) is 36.1 Å². The highest BCUT2D eigenvalue weighted by molar-refractivity contribution is 6.04. The van der Waals surface area contributed by atoms with Gasteiger partial charge in [-0.2, -0.15) is 4.99 Å². The molecular weight excluding hydrogens is 382 g/mol. The number of hydrogen-bond acceptors (Lipinski definition) is 4. The number of rotatable bonds is 4. The van der Waals surface area contributed by atoms with E-state index in [1.54, 1.807) is 24.0 Å². The Morgan fingerprint density at radius 3 is 2.70 bits per heavy atom. The van der Waals surface area contributed by atoms with Crippen molar-refractivity contribution in [3.05, 3.63) is 41.7 Å². The molecule has 30 heavy (non-hydrogen) atoms. The lowest BCUT2D eigenvalue weighted by atomic mass is 9.64. The highest BCUT2D eigenvalue weighted by Crippen LogP contribution is 2.50. The van der Waals surface area contributed by atoms with Gasteiger partial charge in [0.05, 0.1) is 5.84 Å². The van der Waals surface area contributed by atoms with Crippen molar-refractivity contribution in [1.29, 1.82) is 0 Å². The van der Waals surface area contributed by atoms with Crippen LogP contribution in [0.25, 0.3) is 0 Å². The molecule has 7 N–H and O–H groups in total. The van der Waals surface area contributed by atoms with Crippen molar-refractivity contribution < 1.29 is 9.59 Å². The Hall–Kier alpha value is -3.36. The van der Waals surface area contributed by atoms with Crippen LogP contribution < -0.4 is 22.5 Å². The summed E-state index contributed by atoms with van der Waals surface area (Å²) in [7, 11) is 0. The lowest BCUT2D eigenvalue weighted by molar-refractivity contribution is -0.151. The van der Waals surface area contributed by atoms with Crippen LogP contribution in [0.1, 0.15) is 44.2 Å². The summed E-state index contributed by atoms with van der Waals surface area (Å²) >= 11 is 0. The minimum absolute atomic E-state index is 0.0113. The molecule has 1 saturated heterocycles. The number of benzene rings is 1. The molecule has 0 spiro atoms. The van der Waals surface area contributed by atoms with Crippen molar-refractivity contribution in [3.8, 4) is 0 Å². The van der Waals surface area contributed by atoms with Crippen molar-refractivity contribution in [2.45, 2.75) is 51.6 Å². The topological polar surface area (TPSA) is 152 Å². The minimum Gasteiger partial charge on any atom is -0.403 e. The number of amidine groups is 2. The molecule has 2 aliphatic rings. The predicted octanol–water partition coefficient (Wildman–Crippen LogP) is 1.81. The van der Waals surface area contributed by atoms with Crippen molar-refractivity contribution in [2.75, 3.05) is 5.32 Å². The van der Waals surface area contributed by atoms with E-state index in [9.17, 15) is 9.59 Å². The van der Waals surface area contributed by atoms with Crippen molar-refractivity contribution in [2.24, 2.45) is 33.1 Å². The maximum atomic E-state index is 13.1. The van der Waals surface area contributed by atoms with E-state index in [0.29, 0.717) is 35.8 Å². The van der Waals surface area contributed by atoms with Gasteiger partial charge in [0.1, 0.15) is 11.4 Å². The van der Waals surface area contributed by atoms with E-state index in [1.807, 2.05) is 13.0 Å². The van der Waals surface area contributed by atoms with Gasteiger partial charge < -0.3 is 27.4 Å². The normalized spacial score (nSPS) is 26.4. The van der Waals surface area contributed by atoms with Crippen LogP contribution in [0.5, 0.6) is 0 Å². The minimum atomic E-state index is -0.924. The molecule has 2 fully saturated rings. The molecule has 1 aromatic rings. The van der Waals surface area contributed by atoms with Crippen LogP contribution in [-0.2, 0) is 4.79 Å². The maximum Gasteiger partial charge on any atom is 0.323 e. The van der Waals surface area contributed by atoms with Crippen molar-refractivity contribution in [3.63, 3.8) is 0 Å². The number of urea groups is 1. The van der Waals surface area contributed by atoms with E-state index in [-0.39, 0.29) is 23.8 Å². The molecule has 1 aliphatic heterocycles. The zero-order valence-corrected chi connectivity index (χ0v) is 17.6. The van der Waals surface area contributed by atoms with Crippen LogP contribution >= 0.6 is 0 Å². The Labute approximate surface area is 176 Å². The van der Waals surface area contributed by atoms with E-state index in [1.165, 1.54) is 12.4 Å². The Kier molecular flexibility index (Phi) is 5.82. The fourth-order valence-corrected chi connectivity index (χ4v) is 4.57. The molecule has 1 aliphatic carbocycles. The maximum absolute atomic E-state index is 13.1. The molecule has 3 amide bonds. The van der Waals surface area contributed by atoms with Crippen LogP contribution in [-0.4, -0.2) is 40.1 Å². The lowest BCUT2D eigenvalue weighted by Gasteiger charge is -2.61. The SMILES string of the molecule is CC(N)=NC(=O)C12CC(C)CC(C1)N2C(=O)Nc1ccc(C)c(C(N)=N/C=C\N)c1. The fourth-order valence-electron chi connectivity index (χ4n) is 4.57. The lowest BCUT2D eigenvalue weighted by Crippen LogP contribution is -2.75. The summed E-state index contributed by atoms with van der Waals surface area (Å²) in [5.74, 6) is 0.470. The molecule has 1 aromatic carbocycles. The van der Waals surface area contributed by atoms with Crippen molar-refractivity contribution in [1.82, 2.24) is 4.90 Å². The van der Waals surface area contributed by atoms with Crippen LogP contribution in [0.4, 0.5) is 10.5 Å². The molecule has 3 unspecified atom stereocenters. The summed E-state index contributed by atoms with van der Waals surface area (Å²) in [5, 5.41) is 2.90. The molecule has 160 valence electrons. The van der Waals surface area contributed by atoms with Gasteiger partial charge in [-0.05, 0) is 50.3 Å². The van der Waals surface area contributed by atoms with Gasteiger partial charge in [-0.15, -0.1) is 0 Å². The van der Waals surface area contributed by atoms with Gasteiger partial charge in [0.25, 0.3) is 5.91 Å². The van der Waals surface area contributed by atoms with Gasteiger partial charge in [-0.1, -0.05) is 13.0 Å². The third-order valence-corrected chi connectivity index (χ3v) is 5.72. The van der Waals surface area contributed by atoms with E-state index in [4.69, 9.17) is 17.2 Å². The molecule has 0 radical (unpaired) electrons. The number of nitrogens with one attached hydrogen (secondary N) is 1. The number of likely N-dealkylation sites (tertiary alicyclic amines) is 1. The first-order valence-corrected chi connectivity index (χ1v) is 9.94. The molecular formula is C21H29N7O2. The van der Waals surface area contributed by atoms with Crippen LogP contribution in [0, 0.1) is 12.8 Å². The highest BCUT2D eigenvalue weighted by atomic mass is 16.2. The Morgan fingerprint density at radius 1 is 1.30 bits per heavy atom. The molecule has 9 heteroatoms. The molecule has 1 heterocycles. The van der Waals surface area contributed by atoms with Gasteiger partial charge in [0.15, 0.2) is 0 Å². The number of carbonyl (C=O) groups excluding carboxylic acids is 2. The van der Waals surface area contributed by atoms with Gasteiger partial charge >= 0.3 is 6.03 Å². The summed E-state index contributed by atoms with van der Waals surface area (Å²) in [6.45, 7) is 5.56. The zero-order valence-electron chi connectivity index (χ0n) is 17.6. The number of nitrogens with two attached hydrogens (primary N) is 3. The first kappa shape index (κ1) is 21.4. The Bertz CT molecular complexity index is 949. The van der Waals surface area contributed by atoms with Crippen LogP contribution in [0.3, 0.4) is 0 Å². The number of fused-ring (bicyclic) bond motifs is 2. The second-order valence-corrected chi connectivity index (χ2v) is 8.18. The number of anilines is 1. The second-order valence-electron chi connectivity index (χ2n) is 8.18. The van der Waals surface area contributed by atoms with Gasteiger partial charge in [0.2, 0.25) is 0 Å². The third-order valence-electron chi connectivity index (χ3n) is 5.72. The van der Waals surface area contributed by atoms with Gasteiger partial charge in [-0.25, -0.2) is 9.79 Å². The number of piperidine rings is 1. The van der Waals surface area contributed by atoms with Crippen LogP contribution in [0.15, 0.2) is 40.6 Å². The standard InChI is InChI=1S/C21H29N7O2/c1-12-8-16-11-21(10-12,19(29)26-14(3)23)28(16)20(30)27-15-5-4-13(2)17(9-15)18(24)25-7-6-22/h4-7,9,12,16H,8,10-11,22H2,1-3H3,(H2,24,25)(H,27,30)(H2,23,26,29)/b7-6-. The van der Waals surface area contributed by atoms with E-state index >= 15 is 0 Å². The first-order valence-electron chi connectivity index (χ1n) is 9.94. The number of aryl methyl sites for hydroxylation is 1. The first-order chi connectivity index (χ1) is 14.2. The summed E-state index contributed by atoms with van der Waals surface area (Å²) in [6, 6.07) is 5.07. The monoisotopic (exact) mass is 411 g/mol. The molecule has 1 saturated carbocycles. The summed E-state index contributed by atoms with van der Waals surface area (Å²) < 4.78 is 0. The number of hydrogen-bond donors (Lipinski definition) is 4. The largest absolute Gasteiger partial charge is 0.403 e. The number of nitrogens with zero attached hydrogens (tertiary/aromatic N) is 3.